The van der Waals surface area contributed by atoms with Crippen LogP contribution in [-0.4, -0.2) is 16.7 Å². The molecule has 4 rings (SSSR count). The van der Waals surface area contributed by atoms with Gasteiger partial charge in [0.1, 0.15) is 5.82 Å². The summed E-state index contributed by atoms with van der Waals surface area (Å²) in [6, 6.07) is 7.30. The van der Waals surface area contributed by atoms with E-state index in [2.05, 4.69) is 10.3 Å². The maximum absolute atomic E-state index is 14.4. The lowest BCUT2D eigenvalue weighted by atomic mass is 9.88. The highest BCUT2D eigenvalue weighted by Gasteiger charge is 2.37. The number of alkyl halides is 3. The molecule has 3 aromatic rings. The van der Waals surface area contributed by atoms with Crippen molar-refractivity contribution in [1.29, 1.82) is 0 Å². The molecule has 0 saturated heterocycles. The molecule has 1 aromatic heterocycles. The van der Waals surface area contributed by atoms with Crippen molar-refractivity contribution in [3.8, 4) is 0 Å². The molecule has 1 aliphatic rings. The van der Waals surface area contributed by atoms with Gasteiger partial charge in [0.2, 0.25) is 5.91 Å². The number of benzene rings is 2. The van der Waals surface area contributed by atoms with Gasteiger partial charge in [-0.3, -0.25) is 9.59 Å². The molecule has 1 heterocycles. The number of carbonyl (C=O) groups excluding carboxylic acids is 2. The van der Waals surface area contributed by atoms with Crippen LogP contribution in [0.25, 0.3) is 10.9 Å². The highest BCUT2D eigenvalue weighted by atomic mass is 19.4. The molecule has 1 amide bonds. The minimum atomic E-state index is -4.88. The monoisotopic (exact) mass is 446 g/mol. The van der Waals surface area contributed by atoms with Crippen LogP contribution in [-0.2, 0) is 11.0 Å². The van der Waals surface area contributed by atoms with Gasteiger partial charge in [0, 0.05) is 28.2 Å². The second-order valence-corrected chi connectivity index (χ2v) is 8.20. The summed E-state index contributed by atoms with van der Waals surface area (Å²) in [6.45, 7) is 1.54. The first-order valence-electron chi connectivity index (χ1n) is 10.5. The molecular weight excluding hydrogens is 424 g/mol. The lowest BCUT2D eigenvalue weighted by Gasteiger charge is -2.20. The van der Waals surface area contributed by atoms with Crippen molar-refractivity contribution in [2.75, 3.05) is 5.32 Å². The number of rotatable bonds is 4. The first kappa shape index (κ1) is 22.0. The molecular formula is C24H22F4N2O2. The number of halogens is 4. The fraction of sp³-hybridized carbons (Fsp3) is 0.333. The Kier molecular flexibility index (Phi) is 5.79. The van der Waals surface area contributed by atoms with Crippen molar-refractivity contribution in [3.63, 3.8) is 0 Å². The number of anilines is 1. The Balaban J connectivity index is 1.74. The summed E-state index contributed by atoms with van der Waals surface area (Å²) < 4.78 is 54.8. The van der Waals surface area contributed by atoms with Crippen LogP contribution < -0.4 is 5.32 Å². The Labute approximate surface area is 182 Å². The molecule has 2 N–H and O–H groups in total. The van der Waals surface area contributed by atoms with Gasteiger partial charge in [-0.25, -0.2) is 4.39 Å². The van der Waals surface area contributed by atoms with Gasteiger partial charge in [0.05, 0.1) is 16.7 Å². The number of hydrogen-bond donors (Lipinski definition) is 2. The Morgan fingerprint density at radius 3 is 2.44 bits per heavy atom. The third-order valence-electron chi connectivity index (χ3n) is 6.00. The van der Waals surface area contributed by atoms with E-state index in [1.165, 1.54) is 0 Å². The standard InChI is InChI=1S/C24H22F4N2O2/c1-13-20(22(31)21-17(24(26,27)28)8-5-9-18(21)25)16-12-15(10-11-19(16)29-13)30-23(32)14-6-3-2-4-7-14/h5,8-12,14,29H,2-4,6-7H2,1H3,(H,30,32). The summed E-state index contributed by atoms with van der Waals surface area (Å²) in [5, 5.41) is 3.17. The molecule has 0 unspecified atom stereocenters. The zero-order valence-electron chi connectivity index (χ0n) is 17.4. The predicted molar refractivity (Wildman–Crippen MR) is 113 cm³/mol. The molecule has 8 heteroatoms. The van der Waals surface area contributed by atoms with Gasteiger partial charge in [-0.15, -0.1) is 0 Å². The quantitative estimate of drug-likeness (QED) is 0.361. The summed E-state index contributed by atoms with van der Waals surface area (Å²) in [7, 11) is 0. The normalized spacial score (nSPS) is 15.2. The number of aromatic amines is 1. The fourth-order valence-electron chi connectivity index (χ4n) is 4.42. The smallest absolute Gasteiger partial charge is 0.358 e. The zero-order valence-corrected chi connectivity index (χ0v) is 17.4. The number of amides is 1. The van der Waals surface area contributed by atoms with Crippen molar-refractivity contribution < 1.29 is 27.2 Å². The third-order valence-corrected chi connectivity index (χ3v) is 6.00. The molecule has 0 spiro atoms. The molecule has 1 saturated carbocycles. The Morgan fingerprint density at radius 1 is 1.03 bits per heavy atom. The Bertz CT molecular complexity index is 1190. The van der Waals surface area contributed by atoms with Crippen molar-refractivity contribution in [2.45, 2.75) is 45.2 Å². The molecule has 0 bridgehead atoms. The van der Waals surface area contributed by atoms with E-state index in [9.17, 15) is 27.2 Å². The van der Waals surface area contributed by atoms with E-state index in [1.807, 2.05) is 0 Å². The van der Waals surface area contributed by atoms with Crippen molar-refractivity contribution in [2.24, 2.45) is 5.92 Å². The molecule has 1 fully saturated rings. The van der Waals surface area contributed by atoms with Crippen molar-refractivity contribution >= 4 is 28.3 Å². The van der Waals surface area contributed by atoms with Crippen LogP contribution in [0, 0.1) is 18.7 Å². The lowest BCUT2D eigenvalue weighted by Crippen LogP contribution is -2.24. The molecule has 32 heavy (non-hydrogen) atoms. The van der Waals surface area contributed by atoms with Crippen LogP contribution in [0.4, 0.5) is 23.2 Å². The average Bonchev–Trinajstić information content (AvgIpc) is 3.08. The number of aromatic nitrogens is 1. The number of H-pyrrole nitrogens is 1. The van der Waals surface area contributed by atoms with Gasteiger partial charge in [-0.05, 0) is 50.1 Å². The van der Waals surface area contributed by atoms with Gasteiger partial charge in [-0.2, -0.15) is 13.2 Å². The fourth-order valence-corrected chi connectivity index (χ4v) is 4.42. The van der Waals surface area contributed by atoms with Gasteiger partial charge in [-0.1, -0.05) is 25.3 Å². The number of carbonyl (C=O) groups is 2. The van der Waals surface area contributed by atoms with Crippen LogP contribution in [0.2, 0.25) is 0 Å². The lowest BCUT2D eigenvalue weighted by molar-refractivity contribution is -0.138. The van der Waals surface area contributed by atoms with Gasteiger partial charge < -0.3 is 10.3 Å². The van der Waals surface area contributed by atoms with Crippen LogP contribution >= 0.6 is 0 Å². The first-order valence-corrected chi connectivity index (χ1v) is 10.5. The first-order chi connectivity index (χ1) is 15.2. The summed E-state index contributed by atoms with van der Waals surface area (Å²) in [4.78, 5) is 28.7. The number of hydrogen-bond acceptors (Lipinski definition) is 2. The van der Waals surface area contributed by atoms with Crippen molar-refractivity contribution in [1.82, 2.24) is 4.98 Å². The maximum Gasteiger partial charge on any atom is 0.417 e. The van der Waals surface area contributed by atoms with Crippen molar-refractivity contribution in [3.05, 3.63) is 64.6 Å². The molecule has 168 valence electrons. The summed E-state index contributed by atoms with van der Waals surface area (Å²) >= 11 is 0. The largest absolute Gasteiger partial charge is 0.417 e. The third kappa shape index (κ3) is 4.13. The highest BCUT2D eigenvalue weighted by Crippen LogP contribution is 2.36. The Morgan fingerprint density at radius 2 is 1.75 bits per heavy atom. The second kappa shape index (κ2) is 8.41. The molecule has 0 atom stereocenters. The van der Waals surface area contributed by atoms with Crippen LogP contribution in [0.15, 0.2) is 36.4 Å². The van der Waals surface area contributed by atoms with E-state index in [0.29, 0.717) is 28.4 Å². The minimum absolute atomic E-state index is 0.0515. The highest BCUT2D eigenvalue weighted by molar-refractivity contribution is 6.18. The number of aryl methyl sites for hydroxylation is 1. The van der Waals surface area contributed by atoms with Crippen LogP contribution in [0.5, 0.6) is 0 Å². The molecule has 1 aliphatic carbocycles. The Hall–Kier alpha value is -3.16. The van der Waals surface area contributed by atoms with Gasteiger partial charge in [0.25, 0.3) is 0 Å². The predicted octanol–water partition coefficient (Wildman–Crippen LogP) is 6.38. The van der Waals surface area contributed by atoms with E-state index < -0.39 is 28.9 Å². The SMILES string of the molecule is Cc1[nH]c2ccc(NC(=O)C3CCCCC3)cc2c1C(=O)c1c(F)cccc1C(F)(F)F. The summed E-state index contributed by atoms with van der Waals surface area (Å²) in [6.07, 6.45) is -0.150. The van der Waals surface area contributed by atoms with E-state index in [-0.39, 0.29) is 17.4 Å². The van der Waals surface area contributed by atoms with E-state index in [4.69, 9.17) is 0 Å². The molecule has 2 aromatic carbocycles. The van der Waals surface area contributed by atoms with Crippen LogP contribution in [0.3, 0.4) is 0 Å². The van der Waals surface area contributed by atoms with E-state index in [0.717, 1.165) is 44.2 Å². The average molecular weight is 446 g/mol. The van der Waals surface area contributed by atoms with E-state index in [1.54, 1.807) is 25.1 Å². The number of ketones is 1. The van der Waals surface area contributed by atoms with Gasteiger partial charge >= 0.3 is 6.18 Å². The molecule has 0 aliphatic heterocycles. The molecule has 4 nitrogen and oxygen atoms in total. The topological polar surface area (TPSA) is 62.0 Å². The second-order valence-electron chi connectivity index (χ2n) is 8.20. The maximum atomic E-state index is 14.4. The van der Waals surface area contributed by atoms with Gasteiger partial charge in [0.15, 0.2) is 5.78 Å². The summed E-state index contributed by atoms with van der Waals surface area (Å²) in [5.41, 5.74) is -1.13. The number of fused-ring (bicyclic) bond motifs is 1. The summed E-state index contributed by atoms with van der Waals surface area (Å²) in [5.74, 6) is -2.49. The van der Waals surface area contributed by atoms with Crippen LogP contribution in [0.1, 0.15) is 59.3 Å². The minimum Gasteiger partial charge on any atom is -0.358 e. The molecule has 0 radical (unpaired) electrons. The zero-order chi connectivity index (χ0) is 23.0. The number of nitrogens with one attached hydrogen (secondary N) is 2. The van der Waals surface area contributed by atoms with E-state index >= 15 is 0 Å².